The average molecular weight is 568 g/mol. The molecule has 186 valence electrons. The number of nitrogens with one attached hydrogen (secondary N) is 3. The topological polar surface area (TPSA) is 106 Å². The molecule has 0 spiro atoms. The number of benzene rings is 2. The van der Waals surface area contributed by atoms with Gasteiger partial charge in [0.15, 0.2) is 0 Å². The SMILES string of the molecule is COc1cc2c(cc1Nc1ncc(Br)c(Nc3ccccc3P(C)(C)=O)n1)-c1cnn(C)c1CCN2. The summed E-state index contributed by atoms with van der Waals surface area (Å²) >= 11 is 3.53. The van der Waals surface area contributed by atoms with Crippen LogP contribution in [0.15, 0.2) is 53.3 Å². The van der Waals surface area contributed by atoms with Crippen LogP contribution >= 0.6 is 23.1 Å². The van der Waals surface area contributed by atoms with Crippen LogP contribution in [-0.4, -0.2) is 46.7 Å². The van der Waals surface area contributed by atoms with E-state index in [1.807, 2.05) is 54.3 Å². The predicted octanol–water partition coefficient (Wildman–Crippen LogP) is 5.35. The molecule has 9 nitrogen and oxygen atoms in total. The lowest BCUT2D eigenvalue weighted by molar-refractivity contribution is 0.417. The molecule has 2 aromatic carbocycles. The molecule has 0 radical (unpaired) electrons. The van der Waals surface area contributed by atoms with Crippen LogP contribution < -0.4 is 26.0 Å². The van der Waals surface area contributed by atoms with E-state index in [1.165, 1.54) is 5.69 Å². The molecule has 4 aromatic rings. The highest BCUT2D eigenvalue weighted by molar-refractivity contribution is 9.10. The van der Waals surface area contributed by atoms with Crippen LogP contribution in [0.25, 0.3) is 11.1 Å². The minimum absolute atomic E-state index is 0.389. The number of methoxy groups -OCH3 is 1. The molecule has 0 bridgehead atoms. The fourth-order valence-corrected chi connectivity index (χ4v) is 5.77. The molecule has 3 N–H and O–H groups in total. The number of para-hydroxylation sites is 1. The van der Waals surface area contributed by atoms with E-state index in [2.05, 4.69) is 46.9 Å². The van der Waals surface area contributed by atoms with Crippen LogP contribution in [0.1, 0.15) is 5.69 Å². The molecule has 1 aliphatic rings. The summed E-state index contributed by atoms with van der Waals surface area (Å²) < 4.78 is 21.1. The van der Waals surface area contributed by atoms with Gasteiger partial charge in [0.05, 0.1) is 29.2 Å². The zero-order valence-electron chi connectivity index (χ0n) is 20.5. The minimum Gasteiger partial charge on any atom is -0.494 e. The van der Waals surface area contributed by atoms with Crippen molar-refractivity contribution in [3.63, 3.8) is 0 Å². The van der Waals surface area contributed by atoms with Crippen molar-refractivity contribution in [2.45, 2.75) is 6.42 Å². The van der Waals surface area contributed by atoms with E-state index in [4.69, 9.17) is 4.74 Å². The Bertz CT molecular complexity index is 1500. The standard InChI is InChI=1S/C25H27BrN7O2P/c1-33-21-9-10-27-19-12-22(35-2)20(11-15(19)16(21)13-29-33)31-25-28-14-17(26)24(32-25)30-18-7-5-6-8-23(18)36(3,4)34/h5-8,11-14,27H,9-10H2,1-4H3,(H2,28,30,31,32). The number of rotatable bonds is 6. The Hall–Kier alpha value is -3.36. The van der Waals surface area contributed by atoms with Crippen molar-refractivity contribution in [2.24, 2.45) is 7.05 Å². The van der Waals surface area contributed by atoms with Gasteiger partial charge in [-0.05, 0) is 47.5 Å². The second-order valence-corrected chi connectivity index (χ2v) is 12.9. The predicted molar refractivity (Wildman–Crippen MR) is 149 cm³/mol. The van der Waals surface area contributed by atoms with Gasteiger partial charge in [0.25, 0.3) is 0 Å². The van der Waals surface area contributed by atoms with Gasteiger partial charge in [0.1, 0.15) is 18.7 Å². The van der Waals surface area contributed by atoms with Crippen LogP contribution in [0, 0.1) is 0 Å². The second-order valence-electron chi connectivity index (χ2n) is 8.91. The number of halogens is 1. The van der Waals surface area contributed by atoms with Gasteiger partial charge < -0.3 is 25.3 Å². The first-order valence-electron chi connectivity index (χ1n) is 11.4. The Kier molecular flexibility index (Phi) is 6.49. The first kappa shape index (κ1) is 24.3. The average Bonchev–Trinajstić information content (AvgIpc) is 3.11. The summed E-state index contributed by atoms with van der Waals surface area (Å²) in [4.78, 5) is 9.13. The molecule has 5 rings (SSSR count). The van der Waals surface area contributed by atoms with Gasteiger partial charge in [-0.1, -0.05) is 12.1 Å². The lowest BCUT2D eigenvalue weighted by atomic mass is 10.0. The van der Waals surface area contributed by atoms with Gasteiger partial charge >= 0.3 is 0 Å². The lowest BCUT2D eigenvalue weighted by Gasteiger charge is -2.17. The van der Waals surface area contributed by atoms with Crippen LogP contribution in [0.5, 0.6) is 5.75 Å². The number of fused-ring (bicyclic) bond motifs is 3. The fourth-order valence-electron chi connectivity index (χ4n) is 4.33. The van der Waals surface area contributed by atoms with E-state index >= 15 is 0 Å². The number of hydrogen-bond acceptors (Lipinski definition) is 8. The summed E-state index contributed by atoms with van der Waals surface area (Å²) in [5.74, 6) is 1.61. The molecule has 11 heteroatoms. The fraction of sp³-hybridized carbons (Fsp3) is 0.240. The lowest BCUT2D eigenvalue weighted by Crippen LogP contribution is -2.11. The molecule has 36 heavy (non-hydrogen) atoms. The van der Waals surface area contributed by atoms with Gasteiger partial charge in [-0.2, -0.15) is 10.1 Å². The van der Waals surface area contributed by atoms with Gasteiger partial charge in [-0.15, -0.1) is 0 Å². The molecule has 0 atom stereocenters. The molecule has 0 fully saturated rings. The third kappa shape index (κ3) is 4.70. The van der Waals surface area contributed by atoms with E-state index in [-0.39, 0.29) is 0 Å². The van der Waals surface area contributed by atoms with E-state index in [0.717, 1.165) is 46.5 Å². The summed E-state index contributed by atoms with van der Waals surface area (Å²) in [7, 11) is 1.11. The first-order valence-corrected chi connectivity index (χ1v) is 14.8. The molecule has 0 unspecified atom stereocenters. The highest BCUT2D eigenvalue weighted by atomic mass is 79.9. The van der Waals surface area contributed by atoms with Crippen molar-refractivity contribution in [3.8, 4) is 16.9 Å². The molecular formula is C25H27BrN7O2P. The van der Waals surface area contributed by atoms with Crippen molar-refractivity contribution in [3.05, 3.63) is 59.0 Å². The van der Waals surface area contributed by atoms with Gasteiger partial charge in [-0.3, -0.25) is 4.68 Å². The van der Waals surface area contributed by atoms with E-state index in [0.29, 0.717) is 22.0 Å². The van der Waals surface area contributed by atoms with Crippen molar-refractivity contribution in [1.82, 2.24) is 19.7 Å². The van der Waals surface area contributed by atoms with E-state index in [9.17, 15) is 4.57 Å². The van der Waals surface area contributed by atoms with E-state index in [1.54, 1.807) is 26.6 Å². The van der Waals surface area contributed by atoms with Gasteiger partial charge in [0.2, 0.25) is 5.95 Å². The summed E-state index contributed by atoms with van der Waals surface area (Å²) in [6, 6.07) is 11.6. The normalized spacial score (nSPS) is 12.7. The number of aryl methyl sites for hydroxylation is 1. The smallest absolute Gasteiger partial charge is 0.229 e. The Morgan fingerprint density at radius 1 is 1.11 bits per heavy atom. The number of anilines is 5. The Balaban J connectivity index is 1.51. The third-order valence-corrected chi connectivity index (χ3v) is 8.23. The number of ether oxygens (including phenoxy) is 1. The monoisotopic (exact) mass is 567 g/mol. The number of nitrogens with zero attached hydrogens (tertiary/aromatic N) is 4. The molecule has 0 saturated heterocycles. The number of aromatic nitrogens is 4. The van der Waals surface area contributed by atoms with Gasteiger partial charge in [0, 0.05) is 60.1 Å². The van der Waals surface area contributed by atoms with Crippen molar-refractivity contribution < 1.29 is 9.30 Å². The van der Waals surface area contributed by atoms with Crippen molar-refractivity contribution in [2.75, 3.05) is 42.9 Å². The first-order chi connectivity index (χ1) is 17.2. The van der Waals surface area contributed by atoms with Crippen molar-refractivity contribution in [1.29, 1.82) is 0 Å². The maximum absolute atomic E-state index is 12.8. The van der Waals surface area contributed by atoms with Crippen LogP contribution in [0.3, 0.4) is 0 Å². The molecule has 3 heterocycles. The maximum atomic E-state index is 12.8. The van der Waals surface area contributed by atoms with Crippen LogP contribution in [-0.2, 0) is 18.0 Å². The molecule has 0 aliphatic carbocycles. The summed E-state index contributed by atoms with van der Waals surface area (Å²) in [6.07, 6.45) is 4.45. The Morgan fingerprint density at radius 2 is 1.92 bits per heavy atom. The molecule has 0 saturated carbocycles. The van der Waals surface area contributed by atoms with Crippen LogP contribution in [0.4, 0.5) is 28.8 Å². The molecule has 2 aromatic heterocycles. The highest BCUT2D eigenvalue weighted by Gasteiger charge is 2.21. The summed E-state index contributed by atoms with van der Waals surface area (Å²) in [5.41, 5.74) is 5.76. The van der Waals surface area contributed by atoms with Crippen LogP contribution in [0.2, 0.25) is 0 Å². The Labute approximate surface area is 218 Å². The molecule has 1 aliphatic heterocycles. The quantitative estimate of drug-likeness (QED) is 0.268. The number of hydrogen-bond donors (Lipinski definition) is 3. The molecular weight excluding hydrogens is 541 g/mol. The third-order valence-electron chi connectivity index (χ3n) is 6.10. The Morgan fingerprint density at radius 3 is 2.69 bits per heavy atom. The second kappa shape index (κ2) is 9.59. The van der Waals surface area contributed by atoms with Gasteiger partial charge in [-0.25, -0.2) is 4.98 Å². The minimum atomic E-state index is -2.49. The van der Waals surface area contributed by atoms with Crippen molar-refractivity contribution >= 4 is 57.2 Å². The largest absolute Gasteiger partial charge is 0.494 e. The zero-order chi connectivity index (χ0) is 25.4. The zero-order valence-corrected chi connectivity index (χ0v) is 22.9. The van der Waals surface area contributed by atoms with E-state index < -0.39 is 7.14 Å². The molecule has 0 amide bonds. The summed E-state index contributed by atoms with van der Waals surface area (Å²) in [6.45, 7) is 4.32. The summed E-state index contributed by atoms with van der Waals surface area (Å²) in [5, 5.41) is 15.3. The maximum Gasteiger partial charge on any atom is 0.229 e. The highest BCUT2D eigenvalue weighted by Crippen LogP contribution is 2.41.